The van der Waals surface area contributed by atoms with Gasteiger partial charge >= 0.3 is 0 Å². The Morgan fingerprint density at radius 1 is 1.31 bits per heavy atom. The lowest BCUT2D eigenvalue weighted by molar-refractivity contribution is 0.551. The summed E-state index contributed by atoms with van der Waals surface area (Å²) in [6.07, 6.45) is 3.27. The predicted molar refractivity (Wildman–Crippen MR) is 66.5 cm³/mol. The van der Waals surface area contributed by atoms with E-state index in [4.69, 9.17) is 0 Å². The first-order valence-electron chi connectivity index (χ1n) is 6.27. The molecule has 0 unspecified atom stereocenters. The summed E-state index contributed by atoms with van der Waals surface area (Å²) < 4.78 is 2.23. The van der Waals surface area contributed by atoms with Gasteiger partial charge in [0.25, 0.3) is 0 Å². The maximum atomic E-state index is 4.24. The lowest BCUT2D eigenvalue weighted by Gasteiger charge is -2.09. The van der Waals surface area contributed by atoms with Crippen LogP contribution in [0, 0.1) is 6.92 Å². The van der Waals surface area contributed by atoms with Crippen molar-refractivity contribution in [2.24, 2.45) is 0 Å². The van der Waals surface area contributed by atoms with Gasteiger partial charge in [-0.25, -0.2) is 0 Å². The molecule has 0 atom stereocenters. The molecule has 1 aromatic rings. The number of nitrogens with one attached hydrogen (secondary N) is 1. The van der Waals surface area contributed by atoms with Crippen LogP contribution in [0.2, 0.25) is 0 Å². The van der Waals surface area contributed by atoms with Gasteiger partial charge in [0, 0.05) is 19.0 Å². The Hall–Kier alpha value is -0.900. The molecule has 1 aromatic heterocycles. The van der Waals surface area contributed by atoms with E-state index in [1.807, 2.05) is 6.92 Å². The highest BCUT2D eigenvalue weighted by molar-refractivity contribution is 4.94. The summed E-state index contributed by atoms with van der Waals surface area (Å²) in [5.74, 6) is 2.17. The van der Waals surface area contributed by atoms with Gasteiger partial charge < -0.3 is 9.88 Å². The summed E-state index contributed by atoms with van der Waals surface area (Å²) in [5.41, 5.74) is 0. The zero-order valence-electron chi connectivity index (χ0n) is 11.0. The van der Waals surface area contributed by atoms with Gasteiger partial charge in [-0.1, -0.05) is 20.8 Å². The van der Waals surface area contributed by atoms with E-state index < -0.39 is 0 Å². The van der Waals surface area contributed by atoms with Crippen LogP contribution in [-0.4, -0.2) is 27.4 Å². The van der Waals surface area contributed by atoms with Gasteiger partial charge in [0.15, 0.2) is 0 Å². The van der Waals surface area contributed by atoms with Gasteiger partial charge in [-0.15, -0.1) is 10.2 Å². The fraction of sp³-hybridized carbons (Fsp3) is 0.833. The first-order valence-corrected chi connectivity index (χ1v) is 6.27. The van der Waals surface area contributed by atoms with Crippen molar-refractivity contribution in [1.82, 2.24) is 20.1 Å². The van der Waals surface area contributed by atoms with Crippen LogP contribution in [0.3, 0.4) is 0 Å². The molecule has 0 fully saturated rings. The second-order valence-electron chi connectivity index (χ2n) is 4.53. The summed E-state index contributed by atoms with van der Waals surface area (Å²) in [7, 11) is 0. The van der Waals surface area contributed by atoms with Crippen LogP contribution in [0.25, 0.3) is 0 Å². The molecule has 92 valence electrons. The Bertz CT molecular complexity index is 304. The fourth-order valence-corrected chi connectivity index (χ4v) is 1.76. The fourth-order valence-electron chi connectivity index (χ4n) is 1.76. The third-order valence-electron chi connectivity index (χ3n) is 2.59. The van der Waals surface area contributed by atoms with Crippen molar-refractivity contribution >= 4 is 0 Å². The summed E-state index contributed by atoms with van der Waals surface area (Å²) in [6.45, 7) is 10.6. The highest BCUT2D eigenvalue weighted by Gasteiger charge is 2.07. The van der Waals surface area contributed by atoms with Crippen molar-refractivity contribution in [2.45, 2.75) is 59.5 Å². The third-order valence-corrected chi connectivity index (χ3v) is 2.59. The van der Waals surface area contributed by atoms with Gasteiger partial charge in [-0.05, 0) is 26.3 Å². The average molecular weight is 224 g/mol. The minimum Gasteiger partial charge on any atom is -0.315 e. The number of rotatable bonds is 7. The lowest BCUT2D eigenvalue weighted by Crippen LogP contribution is -2.24. The maximum absolute atomic E-state index is 4.24. The van der Waals surface area contributed by atoms with E-state index in [2.05, 4.69) is 40.9 Å². The highest BCUT2D eigenvalue weighted by atomic mass is 15.3. The largest absolute Gasteiger partial charge is 0.315 e. The molecule has 0 saturated carbocycles. The summed E-state index contributed by atoms with van der Waals surface area (Å²) in [6, 6.07) is 0.565. The molecule has 0 spiro atoms. The molecular formula is C12H24N4. The quantitative estimate of drug-likeness (QED) is 0.720. The minimum absolute atomic E-state index is 0.565. The van der Waals surface area contributed by atoms with E-state index >= 15 is 0 Å². The number of hydrogen-bond acceptors (Lipinski definition) is 3. The van der Waals surface area contributed by atoms with E-state index in [1.54, 1.807) is 0 Å². The van der Waals surface area contributed by atoms with Gasteiger partial charge in [0.1, 0.15) is 11.6 Å². The standard InChI is InChI=1S/C12H24N4/c1-5-9-16-11(4)14-15-12(16)7-6-8-13-10(2)3/h10,13H,5-9H2,1-4H3. The van der Waals surface area contributed by atoms with Crippen LogP contribution < -0.4 is 5.32 Å². The molecule has 1 heterocycles. The zero-order chi connectivity index (χ0) is 12.0. The Morgan fingerprint density at radius 3 is 2.69 bits per heavy atom. The van der Waals surface area contributed by atoms with Crippen molar-refractivity contribution in [3.63, 3.8) is 0 Å². The molecule has 0 amide bonds. The van der Waals surface area contributed by atoms with Crippen LogP contribution in [-0.2, 0) is 13.0 Å². The van der Waals surface area contributed by atoms with Crippen LogP contribution in [0.15, 0.2) is 0 Å². The first kappa shape index (κ1) is 13.2. The summed E-state index contributed by atoms with van der Waals surface area (Å²) in [4.78, 5) is 0. The van der Waals surface area contributed by atoms with Crippen LogP contribution in [0.1, 0.15) is 45.3 Å². The molecule has 4 nitrogen and oxygen atoms in total. The van der Waals surface area contributed by atoms with E-state index in [1.165, 1.54) is 0 Å². The second-order valence-corrected chi connectivity index (χ2v) is 4.53. The molecule has 0 aliphatic rings. The smallest absolute Gasteiger partial charge is 0.133 e. The summed E-state index contributed by atoms with van der Waals surface area (Å²) in [5, 5.41) is 11.8. The van der Waals surface area contributed by atoms with Crippen molar-refractivity contribution in [1.29, 1.82) is 0 Å². The maximum Gasteiger partial charge on any atom is 0.133 e. The number of aromatic nitrogens is 3. The monoisotopic (exact) mass is 224 g/mol. The van der Waals surface area contributed by atoms with Crippen molar-refractivity contribution < 1.29 is 0 Å². The van der Waals surface area contributed by atoms with E-state index in [9.17, 15) is 0 Å². The molecule has 16 heavy (non-hydrogen) atoms. The molecule has 0 bridgehead atoms. The molecular weight excluding hydrogens is 200 g/mol. The topological polar surface area (TPSA) is 42.7 Å². The van der Waals surface area contributed by atoms with Crippen LogP contribution in [0.4, 0.5) is 0 Å². The average Bonchev–Trinajstić information content (AvgIpc) is 2.56. The van der Waals surface area contributed by atoms with Crippen molar-refractivity contribution in [2.75, 3.05) is 6.54 Å². The third kappa shape index (κ3) is 3.93. The lowest BCUT2D eigenvalue weighted by atomic mass is 10.2. The second kappa shape index (κ2) is 6.63. The highest BCUT2D eigenvalue weighted by Crippen LogP contribution is 2.05. The Balaban J connectivity index is 2.41. The van der Waals surface area contributed by atoms with Gasteiger partial charge in [0.2, 0.25) is 0 Å². The van der Waals surface area contributed by atoms with E-state index in [0.717, 1.165) is 44.0 Å². The van der Waals surface area contributed by atoms with E-state index in [0.29, 0.717) is 6.04 Å². The molecule has 1 rings (SSSR count). The van der Waals surface area contributed by atoms with Crippen LogP contribution >= 0.6 is 0 Å². The van der Waals surface area contributed by atoms with Crippen LogP contribution in [0.5, 0.6) is 0 Å². The Labute approximate surface area is 98.5 Å². The number of aryl methyl sites for hydroxylation is 2. The Morgan fingerprint density at radius 2 is 2.06 bits per heavy atom. The number of nitrogens with zero attached hydrogens (tertiary/aromatic N) is 3. The normalized spacial score (nSPS) is 11.3. The molecule has 0 aliphatic carbocycles. The molecule has 0 aliphatic heterocycles. The van der Waals surface area contributed by atoms with Gasteiger partial charge in [-0.2, -0.15) is 0 Å². The molecule has 4 heteroatoms. The van der Waals surface area contributed by atoms with Crippen molar-refractivity contribution in [3.8, 4) is 0 Å². The first-order chi connectivity index (χ1) is 7.65. The molecule has 0 saturated heterocycles. The summed E-state index contributed by atoms with van der Waals surface area (Å²) >= 11 is 0. The number of hydrogen-bond donors (Lipinski definition) is 1. The predicted octanol–water partition coefficient (Wildman–Crippen LogP) is 1.93. The van der Waals surface area contributed by atoms with E-state index in [-0.39, 0.29) is 0 Å². The van der Waals surface area contributed by atoms with Gasteiger partial charge in [0.05, 0.1) is 0 Å². The minimum atomic E-state index is 0.565. The molecule has 0 aromatic carbocycles. The Kier molecular flexibility index (Phi) is 5.46. The molecule has 1 N–H and O–H groups in total. The van der Waals surface area contributed by atoms with Crippen molar-refractivity contribution in [3.05, 3.63) is 11.6 Å². The van der Waals surface area contributed by atoms with Gasteiger partial charge in [-0.3, -0.25) is 0 Å². The zero-order valence-corrected chi connectivity index (χ0v) is 11.0. The SMILES string of the molecule is CCCn1c(C)nnc1CCCNC(C)C. The molecule has 0 radical (unpaired) electrons.